The van der Waals surface area contributed by atoms with Gasteiger partial charge in [-0.15, -0.1) is 0 Å². The van der Waals surface area contributed by atoms with Crippen molar-refractivity contribution in [3.8, 4) is 0 Å². The molecule has 3 rings (SSSR count). The number of nitrogens with zero attached hydrogens (tertiary/aromatic N) is 2. The summed E-state index contributed by atoms with van der Waals surface area (Å²) in [7, 11) is 0. The van der Waals surface area contributed by atoms with E-state index in [2.05, 4.69) is 43.4 Å². The van der Waals surface area contributed by atoms with E-state index in [1.165, 1.54) is 5.56 Å². The molecule has 2 atom stereocenters. The Hall–Kier alpha value is -2.66. The van der Waals surface area contributed by atoms with Crippen LogP contribution in [0.25, 0.3) is 0 Å². The molecule has 1 aliphatic heterocycles. The number of rotatable bonds is 10. The highest BCUT2D eigenvalue weighted by Crippen LogP contribution is 2.41. The second-order valence-corrected chi connectivity index (χ2v) is 8.53. The van der Waals surface area contributed by atoms with Gasteiger partial charge in [-0.1, -0.05) is 67.8 Å². The number of hydrogen-bond donors (Lipinski definition) is 2. The van der Waals surface area contributed by atoms with Gasteiger partial charge in [-0.2, -0.15) is 5.10 Å². The predicted molar refractivity (Wildman–Crippen MR) is 127 cm³/mol. The third-order valence-electron chi connectivity index (χ3n) is 6.18. The van der Waals surface area contributed by atoms with E-state index in [1.807, 2.05) is 42.3 Å². The zero-order valence-electron chi connectivity index (χ0n) is 19.0. The number of unbranched alkanes of at least 4 members (excludes halogenated alkanes) is 2. The molecule has 5 nitrogen and oxygen atoms in total. The standard InChI is InChI=1S/C26H35N3O2/c1-4-5-13-23-24(21-16-14-20(2)15-17-21)28-29(22-11-7-6-8-12-22)26(23,3)25(31)27-18-9-10-19-30/h6-8,11-12,14-17,23,30H,4-5,9-10,13,18-19H2,1-3H3,(H,27,31). The van der Waals surface area contributed by atoms with Gasteiger partial charge in [0.05, 0.1) is 11.4 Å². The van der Waals surface area contributed by atoms with Crippen molar-refractivity contribution in [2.24, 2.45) is 11.0 Å². The number of aliphatic hydroxyl groups is 1. The van der Waals surface area contributed by atoms with Gasteiger partial charge >= 0.3 is 0 Å². The van der Waals surface area contributed by atoms with Gasteiger partial charge in [0, 0.05) is 19.1 Å². The number of anilines is 1. The topological polar surface area (TPSA) is 64.9 Å². The van der Waals surface area contributed by atoms with E-state index in [0.717, 1.165) is 42.6 Å². The summed E-state index contributed by atoms with van der Waals surface area (Å²) in [6, 6.07) is 18.4. The number of carbonyl (C=O) groups excluding carboxylic acids is 1. The fourth-order valence-electron chi connectivity index (χ4n) is 4.27. The number of hydrazone groups is 1. The lowest BCUT2D eigenvalue weighted by Gasteiger charge is -2.37. The molecule has 0 saturated heterocycles. The minimum Gasteiger partial charge on any atom is -0.396 e. The summed E-state index contributed by atoms with van der Waals surface area (Å²) in [4.78, 5) is 13.6. The first-order valence-corrected chi connectivity index (χ1v) is 11.4. The summed E-state index contributed by atoms with van der Waals surface area (Å²) >= 11 is 0. The number of para-hydroxylation sites is 1. The minimum atomic E-state index is -0.823. The molecule has 0 saturated carbocycles. The lowest BCUT2D eigenvalue weighted by Crippen LogP contribution is -2.58. The van der Waals surface area contributed by atoms with E-state index in [-0.39, 0.29) is 18.4 Å². The summed E-state index contributed by atoms with van der Waals surface area (Å²) in [5, 5.41) is 19.2. The van der Waals surface area contributed by atoms with Gasteiger partial charge < -0.3 is 10.4 Å². The lowest BCUT2D eigenvalue weighted by atomic mass is 9.76. The molecule has 0 aliphatic carbocycles. The summed E-state index contributed by atoms with van der Waals surface area (Å²) < 4.78 is 0. The maximum absolute atomic E-state index is 13.6. The highest BCUT2D eigenvalue weighted by molar-refractivity contribution is 6.10. The van der Waals surface area contributed by atoms with Gasteiger partial charge in [0.25, 0.3) is 0 Å². The number of amides is 1. The molecule has 5 heteroatoms. The smallest absolute Gasteiger partial charge is 0.248 e. The second kappa shape index (κ2) is 10.6. The highest BCUT2D eigenvalue weighted by Gasteiger charge is 2.53. The SMILES string of the molecule is CCCCC1C(c2ccc(C)cc2)=NN(c2ccccc2)C1(C)C(=O)NCCCCO. The van der Waals surface area contributed by atoms with Crippen molar-refractivity contribution >= 4 is 17.3 Å². The summed E-state index contributed by atoms with van der Waals surface area (Å²) in [6.45, 7) is 6.97. The average molecular weight is 422 g/mol. The van der Waals surface area contributed by atoms with Crippen LogP contribution in [0, 0.1) is 12.8 Å². The molecule has 0 fully saturated rings. The Kier molecular flexibility index (Phi) is 7.85. The number of carbonyl (C=O) groups is 1. The van der Waals surface area contributed by atoms with Crippen LogP contribution >= 0.6 is 0 Å². The Morgan fingerprint density at radius 2 is 1.81 bits per heavy atom. The van der Waals surface area contributed by atoms with E-state index in [9.17, 15) is 4.79 Å². The first-order chi connectivity index (χ1) is 15.0. The van der Waals surface area contributed by atoms with Crippen molar-refractivity contribution in [2.45, 2.75) is 58.4 Å². The third-order valence-corrected chi connectivity index (χ3v) is 6.18. The molecule has 2 aromatic rings. The highest BCUT2D eigenvalue weighted by atomic mass is 16.3. The number of aliphatic hydroxyl groups excluding tert-OH is 1. The molecular formula is C26H35N3O2. The van der Waals surface area contributed by atoms with Gasteiger partial charge in [0.15, 0.2) is 0 Å². The van der Waals surface area contributed by atoms with Gasteiger partial charge in [-0.3, -0.25) is 4.79 Å². The molecule has 2 N–H and O–H groups in total. The Balaban J connectivity index is 2.02. The van der Waals surface area contributed by atoms with Crippen molar-refractivity contribution < 1.29 is 9.90 Å². The van der Waals surface area contributed by atoms with Gasteiger partial charge in [-0.25, -0.2) is 5.01 Å². The molecule has 0 aromatic heterocycles. The molecule has 1 aliphatic rings. The maximum atomic E-state index is 13.6. The molecule has 2 unspecified atom stereocenters. The molecule has 166 valence electrons. The number of aryl methyl sites for hydroxylation is 1. The molecule has 1 heterocycles. The van der Waals surface area contributed by atoms with E-state index < -0.39 is 5.54 Å². The summed E-state index contributed by atoms with van der Waals surface area (Å²) in [5.74, 6) is -0.0329. The van der Waals surface area contributed by atoms with E-state index in [0.29, 0.717) is 13.0 Å². The normalized spacial score (nSPS) is 20.6. The van der Waals surface area contributed by atoms with Crippen LogP contribution in [0.4, 0.5) is 5.69 Å². The molecule has 0 bridgehead atoms. The first-order valence-electron chi connectivity index (χ1n) is 11.4. The molecule has 0 spiro atoms. The van der Waals surface area contributed by atoms with Crippen LogP contribution in [-0.2, 0) is 4.79 Å². The van der Waals surface area contributed by atoms with Crippen LogP contribution in [0.5, 0.6) is 0 Å². The molecule has 31 heavy (non-hydrogen) atoms. The largest absolute Gasteiger partial charge is 0.396 e. The minimum absolute atomic E-state index is 0.0127. The van der Waals surface area contributed by atoms with Crippen molar-refractivity contribution in [1.29, 1.82) is 0 Å². The van der Waals surface area contributed by atoms with E-state index in [4.69, 9.17) is 10.2 Å². The average Bonchev–Trinajstić information content (AvgIpc) is 3.09. The fourth-order valence-corrected chi connectivity index (χ4v) is 4.27. The number of hydrogen-bond acceptors (Lipinski definition) is 4. The van der Waals surface area contributed by atoms with Gasteiger partial charge in [-0.05, 0) is 50.8 Å². The Bertz CT molecular complexity index is 879. The Morgan fingerprint density at radius 1 is 1.10 bits per heavy atom. The molecule has 0 radical (unpaired) electrons. The second-order valence-electron chi connectivity index (χ2n) is 8.53. The van der Waals surface area contributed by atoms with Gasteiger partial charge in [0.2, 0.25) is 5.91 Å². The van der Waals surface area contributed by atoms with E-state index >= 15 is 0 Å². The molecule has 1 amide bonds. The number of benzene rings is 2. The van der Waals surface area contributed by atoms with Crippen molar-refractivity contribution in [3.63, 3.8) is 0 Å². The van der Waals surface area contributed by atoms with Crippen LogP contribution < -0.4 is 10.3 Å². The van der Waals surface area contributed by atoms with Crippen LogP contribution in [-0.4, -0.2) is 35.4 Å². The zero-order chi connectivity index (χ0) is 22.3. The van der Waals surface area contributed by atoms with Crippen LogP contribution in [0.1, 0.15) is 57.1 Å². The van der Waals surface area contributed by atoms with Crippen molar-refractivity contribution in [1.82, 2.24) is 5.32 Å². The number of nitrogens with one attached hydrogen (secondary N) is 1. The monoisotopic (exact) mass is 421 g/mol. The van der Waals surface area contributed by atoms with Gasteiger partial charge in [0.1, 0.15) is 5.54 Å². The summed E-state index contributed by atoms with van der Waals surface area (Å²) in [5.41, 5.74) is 3.35. The lowest BCUT2D eigenvalue weighted by molar-refractivity contribution is -0.126. The van der Waals surface area contributed by atoms with Crippen molar-refractivity contribution in [3.05, 3.63) is 65.7 Å². The van der Waals surface area contributed by atoms with Crippen molar-refractivity contribution in [2.75, 3.05) is 18.2 Å². The van der Waals surface area contributed by atoms with Crippen LogP contribution in [0.15, 0.2) is 59.7 Å². The first kappa shape index (κ1) is 23.0. The van der Waals surface area contributed by atoms with Crippen LogP contribution in [0.3, 0.4) is 0 Å². The van der Waals surface area contributed by atoms with Crippen LogP contribution in [0.2, 0.25) is 0 Å². The fraction of sp³-hybridized carbons (Fsp3) is 0.462. The Labute approximate surface area is 186 Å². The third kappa shape index (κ3) is 4.99. The Morgan fingerprint density at radius 3 is 2.45 bits per heavy atom. The molecule has 2 aromatic carbocycles. The van der Waals surface area contributed by atoms with E-state index in [1.54, 1.807) is 0 Å². The maximum Gasteiger partial charge on any atom is 0.248 e. The summed E-state index contributed by atoms with van der Waals surface area (Å²) in [6.07, 6.45) is 4.44. The zero-order valence-corrected chi connectivity index (χ0v) is 19.0. The predicted octanol–water partition coefficient (Wildman–Crippen LogP) is 4.67. The molecular weight excluding hydrogens is 386 g/mol. The quantitative estimate of drug-likeness (QED) is 0.548.